The second-order valence-corrected chi connectivity index (χ2v) is 10.3. The molecule has 2 saturated carbocycles. The number of halogens is 4. The largest absolute Gasteiger partial charge is 0.491 e. The van der Waals surface area contributed by atoms with Crippen LogP contribution in [0.3, 0.4) is 0 Å². The van der Waals surface area contributed by atoms with E-state index in [0.717, 1.165) is 57.8 Å². The number of aliphatic hydroxyl groups is 1. The lowest BCUT2D eigenvalue weighted by atomic mass is 9.76. The molecule has 2 aliphatic carbocycles. The van der Waals surface area contributed by atoms with Crippen molar-refractivity contribution in [1.29, 1.82) is 0 Å². The monoisotopic (exact) mass is 492 g/mol. The van der Waals surface area contributed by atoms with E-state index in [4.69, 9.17) is 4.74 Å². The van der Waals surface area contributed by atoms with E-state index in [2.05, 4.69) is 0 Å². The van der Waals surface area contributed by atoms with Crippen LogP contribution in [0.15, 0.2) is 24.3 Å². The smallest absolute Gasteiger partial charge is 0.200 e. The van der Waals surface area contributed by atoms with Crippen molar-refractivity contribution in [3.63, 3.8) is 0 Å². The second kappa shape index (κ2) is 11.8. The van der Waals surface area contributed by atoms with Gasteiger partial charge in [0.15, 0.2) is 23.2 Å². The Morgan fingerprint density at radius 3 is 1.83 bits per heavy atom. The fraction of sp³-hybridized carbons (Fsp3) is 0.586. The minimum absolute atomic E-state index is 0.0180. The number of hydrogen-bond donors (Lipinski definition) is 1. The molecule has 0 bridgehead atoms. The number of aryl methyl sites for hydroxylation is 1. The van der Waals surface area contributed by atoms with E-state index < -0.39 is 23.3 Å². The molecule has 6 heteroatoms. The van der Waals surface area contributed by atoms with Crippen molar-refractivity contribution < 1.29 is 27.4 Å². The number of aliphatic hydroxyl groups excluding tert-OH is 1. The van der Waals surface area contributed by atoms with Crippen LogP contribution < -0.4 is 4.74 Å². The van der Waals surface area contributed by atoms with Crippen molar-refractivity contribution in [1.82, 2.24) is 0 Å². The fourth-order valence-corrected chi connectivity index (χ4v) is 6.02. The first-order chi connectivity index (χ1) is 16.9. The van der Waals surface area contributed by atoms with Crippen LogP contribution in [0.1, 0.15) is 93.2 Å². The summed E-state index contributed by atoms with van der Waals surface area (Å²) in [5, 5.41) is 9.30. The zero-order valence-electron chi connectivity index (χ0n) is 20.5. The Kier molecular flexibility index (Phi) is 8.74. The molecular formula is C29H36F4O2. The molecule has 0 amide bonds. The van der Waals surface area contributed by atoms with Gasteiger partial charge in [-0.05, 0) is 118 Å². The SMILES string of the molecule is CCOc1ccc(C2CCC(CCc3ccc(C4CCC(CO)CC4)c(F)c3F)CC2)c(F)c1F. The van der Waals surface area contributed by atoms with Crippen molar-refractivity contribution in [2.75, 3.05) is 13.2 Å². The van der Waals surface area contributed by atoms with E-state index in [1.54, 1.807) is 25.1 Å². The van der Waals surface area contributed by atoms with Crippen LogP contribution >= 0.6 is 0 Å². The second-order valence-electron chi connectivity index (χ2n) is 10.3. The van der Waals surface area contributed by atoms with E-state index >= 15 is 0 Å². The third kappa shape index (κ3) is 5.84. The first kappa shape index (κ1) is 26.0. The zero-order valence-corrected chi connectivity index (χ0v) is 20.5. The lowest BCUT2D eigenvalue weighted by Crippen LogP contribution is -2.18. The lowest BCUT2D eigenvalue weighted by molar-refractivity contribution is 0.181. The molecule has 0 unspecified atom stereocenters. The average Bonchev–Trinajstić information content (AvgIpc) is 2.88. The van der Waals surface area contributed by atoms with Crippen LogP contribution in [0.5, 0.6) is 5.75 Å². The molecule has 2 aromatic carbocycles. The van der Waals surface area contributed by atoms with Gasteiger partial charge in [0.2, 0.25) is 5.82 Å². The molecule has 1 N–H and O–H groups in total. The van der Waals surface area contributed by atoms with Gasteiger partial charge in [-0.25, -0.2) is 13.2 Å². The van der Waals surface area contributed by atoms with Crippen molar-refractivity contribution in [2.45, 2.75) is 83.0 Å². The Labute approximate surface area is 205 Å². The standard InChI is InChI=1S/C29H36F4O2/c1-2-35-25-16-15-24(28(32)29(25)33)20-8-3-18(4-9-20)5-12-22-13-14-23(27(31)26(22)30)21-10-6-19(17-34)7-11-21/h13-16,18-21,34H,2-12,17H2,1H3. The van der Waals surface area contributed by atoms with Crippen LogP contribution in [-0.2, 0) is 6.42 Å². The van der Waals surface area contributed by atoms with Crippen LogP contribution in [0.4, 0.5) is 17.6 Å². The lowest BCUT2D eigenvalue weighted by Gasteiger charge is -2.29. The predicted molar refractivity (Wildman–Crippen MR) is 129 cm³/mol. The number of benzene rings is 2. The third-order valence-corrected chi connectivity index (χ3v) is 8.22. The molecule has 2 aromatic rings. The molecule has 4 rings (SSSR count). The van der Waals surface area contributed by atoms with Gasteiger partial charge in [0.25, 0.3) is 0 Å². The van der Waals surface area contributed by atoms with Gasteiger partial charge in [-0.1, -0.05) is 18.2 Å². The molecule has 0 heterocycles. The van der Waals surface area contributed by atoms with Gasteiger partial charge in [-0.3, -0.25) is 0 Å². The molecule has 0 spiro atoms. The van der Waals surface area contributed by atoms with Crippen LogP contribution in [0.25, 0.3) is 0 Å². The minimum atomic E-state index is -0.922. The highest BCUT2D eigenvalue weighted by Gasteiger charge is 2.28. The van der Waals surface area contributed by atoms with E-state index in [9.17, 15) is 22.7 Å². The maximum absolute atomic E-state index is 14.9. The Bertz CT molecular complexity index is 993. The van der Waals surface area contributed by atoms with E-state index in [-0.39, 0.29) is 36.7 Å². The summed E-state index contributed by atoms with van der Waals surface area (Å²) in [7, 11) is 0. The maximum atomic E-state index is 14.9. The Balaban J connectivity index is 1.31. The number of hydrogen-bond acceptors (Lipinski definition) is 2. The van der Waals surface area contributed by atoms with Gasteiger partial charge < -0.3 is 9.84 Å². The summed E-state index contributed by atoms with van der Waals surface area (Å²) in [5.74, 6) is -2.62. The third-order valence-electron chi connectivity index (χ3n) is 8.22. The minimum Gasteiger partial charge on any atom is -0.491 e. The highest BCUT2D eigenvalue weighted by molar-refractivity contribution is 5.33. The van der Waals surface area contributed by atoms with Gasteiger partial charge in [-0.15, -0.1) is 0 Å². The van der Waals surface area contributed by atoms with Gasteiger partial charge in [0.1, 0.15) is 0 Å². The average molecular weight is 493 g/mol. The van der Waals surface area contributed by atoms with Gasteiger partial charge in [0.05, 0.1) is 6.61 Å². The molecule has 35 heavy (non-hydrogen) atoms. The number of rotatable bonds is 8. The highest BCUT2D eigenvalue weighted by atomic mass is 19.2. The van der Waals surface area contributed by atoms with Crippen LogP contribution in [-0.4, -0.2) is 18.3 Å². The van der Waals surface area contributed by atoms with Crippen LogP contribution in [0.2, 0.25) is 0 Å². The molecule has 2 aliphatic rings. The normalized spacial score (nSPS) is 25.0. The zero-order chi connectivity index (χ0) is 24.9. The first-order valence-electron chi connectivity index (χ1n) is 13.1. The molecule has 192 valence electrons. The molecular weight excluding hydrogens is 456 g/mol. The first-order valence-corrected chi connectivity index (χ1v) is 13.1. The van der Waals surface area contributed by atoms with Crippen molar-refractivity contribution in [3.8, 4) is 5.75 Å². The van der Waals surface area contributed by atoms with E-state index in [0.29, 0.717) is 29.0 Å². The predicted octanol–water partition coefficient (Wildman–Crippen LogP) is 7.81. The molecule has 2 nitrogen and oxygen atoms in total. The van der Waals surface area contributed by atoms with Crippen molar-refractivity contribution in [2.24, 2.45) is 11.8 Å². The van der Waals surface area contributed by atoms with Crippen molar-refractivity contribution in [3.05, 3.63) is 64.2 Å². The topological polar surface area (TPSA) is 29.5 Å². The van der Waals surface area contributed by atoms with Crippen molar-refractivity contribution >= 4 is 0 Å². The summed E-state index contributed by atoms with van der Waals surface area (Å²) in [5.41, 5.74) is 1.28. The molecule has 2 fully saturated rings. The summed E-state index contributed by atoms with van der Waals surface area (Å²) >= 11 is 0. The molecule has 0 radical (unpaired) electrons. The van der Waals surface area contributed by atoms with E-state index in [1.165, 1.54) is 6.07 Å². The summed E-state index contributed by atoms with van der Waals surface area (Å²) < 4.78 is 63.7. The van der Waals surface area contributed by atoms with Crippen LogP contribution in [0, 0.1) is 35.1 Å². The summed E-state index contributed by atoms with van der Waals surface area (Å²) in [4.78, 5) is 0. The molecule has 0 aliphatic heterocycles. The molecule has 0 saturated heterocycles. The van der Waals surface area contributed by atoms with Gasteiger partial charge in [-0.2, -0.15) is 4.39 Å². The highest BCUT2D eigenvalue weighted by Crippen LogP contribution is 2.41. The van der Waals surface area contributed by atoms with Gasteiger partial charge in [0, 0.05) is 6.61 Å². The summed E-state index contributed by atoms with van der Waals surface area (Å²) in [6.07, 6.45) is 7.70. The maximum Gasteiger partial charge on any atom is 0.200 e. The Morgan fingerprint density at radius 2 is 1.26 bits per heavy atom. The Morgan fingerprint density at radius 1 is 0.714 bits per heavy atom. The Hall–Kier alpha value is -2.08. The summed E-state index contributed by atoms with van der Waals surface area (Å²) in [6, 6.07) is 6.61. The van der Waals surface area contributed by atoms with Gasteiger partial charge >= 0.3 is 0 Å². The van der Waals surface area contributed by atoms with E-state index in [1.807, 2.05) is 0 Å². The fourth-order valence-electron chi connectivity index (χ4n) is 6.02. The quantitative estimate of drug-likeness (QED) is 0.381. The molecule has 0 aromatic heterocycles. The summed E-state index contributed by atoms with van der Waals surface area (Å²) in [6.45, 7) is 2.17. The number of ether oxygens (including phenoxy) is 1. The molecule has 0 atom stereocenters.